The molecule has 0 unspecified atom stereocenters. The molecule has 3 heteroatoms. The van der Waals surface area contributed by atoms with Gasteiger partial charge in [0, 0.05) is 13.2 Å². The molecule has 1 aliphatic rings. The fourth-order valence-corrected chi connectivity index (χ4v) is 0.719. The molecule has 0 aromatic rings. The number of rotatable bonds is 2. The molecule has 1 heterocycles. The van der Waals surface area contributed by atoms with Crippen molar-refractivity contribution >= 4 is 5.91 Å². The maximum Gasteiger partial charge on any atom is 0.225 e. The molecule has 1 aliphatic heterocycles. The number of nitrogens with one attached hydrogen (secondary N) is 1. The Labute approximate surface area is 47.7 Å². The second-order valence-electron chi connectivity index (χ2n) is 1.95. The summed E-state index contributed by atoms with van der Waals surface area (Å²) in [7, 11) is 0. The number of hydrogen-bond acceptors (Lipinski definition) is 2. The van der Waals surface area contributed by atoms with E-state index in [9.17, 15) is 4.79 Å². The minimum absolute atomic E-state index is 0.0825. The molecular weight excluding hydrogens is 106 g/mol. The van der Waals surface area contributed by atoms with E-state index in [2.05, 4.69) is 5.32 Å². The first-order valence-electron chi connectivity index (χ1n) is 2.73. The van der Waals surface area contributed by atoms with Crippen LogP contribution < -0.4 is 5.32 Å². The molecule has 2 N–H and O–H groups in total. The van der Waals surface area contributed by atoms with Crippen LogP contribution in [-0.2, 0) is 4.79 Å². The quantitative estimate of drug-likeness (QED) is 0.459. The number of amides is 1. The van der Waals surface area contributed by atoms with Crippen molar-refractivity contribution < 1.29 is 9.90 Å². The van der Waals surface area contributed by atoms with E-state index in [1.807, 2.05) is 0 Å². The summed E-state index contributed by atoms with van der Waals surface area (Å²) in [5.74, 6) is 0.180. The molecule has 0 radical (unpaired) electrons. The van der Waals surface area contributed by atoms with Crippen LogP contribution >= 0.6 is 0 Å². The van der Waals surface area contributed by atoms with Crippen molar-refractivity contribution in [3.63, 3.8) is 0 Å². The SMILES string of the molecule is O=C1NC[C@H]1CCO. The van der Waals surface area contributed by atoms with E-state index in [1.165, 1.54) is 0 Å². The van der Waals surface area contributed by atoms with Crippen molar-refractivity contribution in [2.75, 3.05) is 13.2 Å². The lowest BCUT2D eigenvalue weighted by atomic mass is 9.99. The van der Waals surface area contributed by atoms with Gasteiger partial charge in [-0.1, -0.05) is 0 Å². The van der Waals surface area contributed by atoms with Gasteiger partial charge in [0.15, 0.2) is 0 Å². The Kier molecular flexibility index (Phi) is 1.48. The van der Waals surface area contributed by atoms with Crippen LogP contribution in [0.3, 0.4) is 0 Å². The van der Waals surface area contributed by atoms with E-state index in [0.717, 1.165) is 6.54 Å². The zero-order chi connectivity index (χ0) is 5.98. The van der Waals surface area contributed by atoms with E-state index in [4.69, 9.17) is 5.11 Å². The van der Waals surface area contributed by atoms with Gasteiger partial charge in [0.05, 0.1) is 5.92 Å². The molecule has 0 spiro atoms. The smallest absolute Gasteiger partial charge is 0.225 e. The Bertz CT molecular complexity index is 103. The second kappa shape index (κ2) is 2.13. The molecule has 3 nitrogen and oxygen atoms in total. The summed E-state index contributed by atoms with van der Waals surface area (Å²) < 4.78 is 0. The van der Waals surface area contributed by atoms with E-state index in [1.54, 1.807) is 0 Å². The van der Waals surface area contributed by atoms with Crippen LogP contribution in [0.1, 0.15) is 6.42 Å². The molecular formula is C5H9NO2. The molecule has 1 atom stereocenters. The Hall–Kier alpha value is -0.570. The summed E-state index contributed by atoms with van der Waals surface area (Å²) in [6, 6.07) is 0. The van der Waals surface area contributed by atoms with Gasteiger partial charge in [-0.25, -0.2) is 0 Å². The largest absolute Gasteiger partial charge is 0.396 e. The number of hydrogen-bond donors (Lipinski definition) is 2. The van der Waals surface area contributed by atoms with E-state index < -0.39 is 0 Å². The highest BCUT2D eigenvalue weighted by atomic mass is 16.3. The normalized spacial score (nSPS) is 26.6. The molecule has 0 aliphatic carbocycles. The maximum absolute atomic E-state index is 10.4. The fourth-order valence-electron chi connectivity index (χ4n) is 0.719. The third-order valence-corrected chi connectivity index (χ3v) is 1.37. The van der Waals surface area contributed by atoms with E-state index in [0.29, 0.717) is 6.42 Å². The summed E-state index contributed by atoms with van der Waals surface area (Å²) in [5, 5.41) is 10.9. The van der Waals surface area contributed by atoms with Gasteiger partial charge in [0.25, 0.3) is 0 Å². The summed E-state index contributed by atoms with van der Waals surface area (Å²) in [4.78, 5) is 10.4. The first kappa shape index (κ1) is 5.56. The first-order chi connectivity index (χ1) is 3.84. The van der Waals surface area contributed by atoms with Crippen LogP contribution in [0.25, 0.3) is 0 Å². The minimum atomic E-state index is 0.0825. The standard InChI is InChI=1S/C5H9NO2/c7-2-1-4-3-6-5(4)8/h4,7H,1-3H2,(H,6,8)/t4-/m1/s1. The van der Waals surface area contributed by atoms with Gasteiger partial charge in [-0.3, -0.25) is 4.79 Å². The average molecular weight is 115 g/mol. The van der Waals surface area contributed by atoms with Crippen LogP contribution in [0.5, 0.6) is 0 Å². The van der Waals surface area contributed by atoms with Crippen LogP contribution in [0.4, 0.5) is 0 Å². The van der Waals surface area contributed by atoms with Gasteiger partial charge in [-0.05, 0) is 6.42 Å². The second-order valence-corrected chi connectivity index (χ2v) is 1.95. The molecule has 46 valence electrons. The van der Waals surface area contributed by atoms with Gasteiger partial charge in [0.2, 0.25) is 5.91 Å². The lowest BCUT2D eigenvalue weighted by Gasteiger charge is -2.24. The molecule has 1 amide bonds. The maximum atomic E-state index is 10.4. The van der Waals surface area contributed by atoms with Crippen molar-refractivity contribution in [2.45, 2.75) is 6.42 Å². The van der Waals surface area contributed by atoms with Crippen molar-refractivity contribution in [2.24, 2.45) is 5.92 Å². The van der Waals surface area contributed by atoms with Gasteiger partial charge in [-0.15, -0.1) is 0 Å². The highest BCUT2D eigenvalue weighted by Crippen LogP contribution is 2.08. The third kappa shape index (κ3) is 0.816. The Morgan fingerprint density at radius 3 is 2.75 bits per heavy atom. The molecule has 1 rings (SSSR count). The zero-order valence-corrected chi connectivity index (χ0v) is 4.55. The summed E-state index contributed by atoms with van der Waals surface area (Å²) in [6.07, 6.45) is 0.617. The minimum Gasteiger partial charge on any atom is -0.396 e. The van der Waals surface area contributed by atoms with E-state index >= 15 is 0 Å². The monoisotopic (exact) mass is 115 g/mol. The summed E-state index contributed by atoms with van der Waals surface area (Å²) in [6.45, 7) is 0.872. The molecule has 0 aromatic carbocycles. The van der Waals surface area contributed by atoms with Crippen molar-refractivity contribution in [1.29, 1.82) is 0 Å². The van der Waals surface area contributed by atoms with Gasteiger partial charge < -0.3 is 10.4 Å². The van der Waals surface area contributed by atoms with E-state index in [-0.39, 0.29) is 18.4 Å². The lowest BCUT2D eigenvalue weighted by molar-refractivity contribution is -0.131. The number of aliphatic hydroxyl groups is 1. The molecule has 1 saturated heterocycles. The molecule has 8 heavy (non-hydrogen) atoms. The highest BCUT2D eigenvalue weighted by molar-refractivity contribution is 5.84. The van der Waals surface area contributed by atoms with Crippen molar-refractivity contribution in [3.8, 4) is 0 Å². The highest BCUT2D eigenvalue weighted by Gasteiger charge is 2.25. The molecule has 1 fully saturated rings. The topological polar surface area (TPSA) is 49.3 Å². The molecule has 0 aromatic heterocycles. The third-order valence-electron chi connectivity index (χ3n) is 1.37. The van der Waals surface area contributed by atoms with Crippen LogP contribution in [0, 0.1) is 5.92 Å². The van der Waals surface area contributed by atoms with Gasteiger partial charge in [-0.2, -0.15) is 0 Å². The molecule has 0 saturated carbocycles. The zero-order valence-electron chi connectivity index (χ0n) is 4.55. The molecule has 0 bridgehead atoms. The predicted octanol–water partition coefficient (Wildman–Crippen LogP) is -0.885. The summed E-state index contributed by atoms with van der Waals surface area (Å²) >= 11 is 0. The van der Waals surface area contributed by atoms with Crippen molar-refractivity contribution in [3.05, 3.63) is 0 Å². The number of carbonyl (C=O) groups excluding carboxylic acids is 1. The number of carbonyl (C=O) groups is 1. The number of aliphatic hydroxyl groups excluding tert-OH is 1. The van der Waals surface area contributed by atoms with Gasteiger partial charge >= 0.3 is 0 Å². The van der Waals surface area contributed by atoms with Crippen LogP contribution in [-0.4, -0.2) is 24.2 Å². The van der Waals surface area contributed by atoms with Crippen molar-refractivity contribution in [1.82, 2.24) is 5.32 Å². The summed E-state index contributed by atoms with van der Waals surface area (Å²) in [5.41, 5.74) is 0. The number of β-lactam (4-membered cyclic amide) rings is 1. The van der Waals surface area contributed by atoms with Crippen LogP contribution in [0.2, 0.25) is 0 Å². The lowest BCUT2D eigenvalue weighted by Crippen LogP contribution is -2.48. The Balaban J connectivity index is 2.17. The Morgan fingerprint density at radius 1 is 1.88 bits per heavy atom. The average Bonchev–Trinajstić information content (AvgIpc) is 1.79. The Morgan fingerprint density at radius 2 is 2.62 bits per heavy atom. The first-order valence-corrected chi connectivity index (χ1v) is 2.73. The fraction of sp³-hybridized carbons (Fsp3) is 0.800. The predicted molar refractivity (Wildman–Crippen MR) is 28.2 cm³/mol. The van der Waals surface area contributed by atoms with Crippen LogP contribution in [0.15, 0.2) is 0 Å². The van der Waals surface area contributed by atoms with Gasteiger partial charge in [0.1, 0.15) is 0 Å².